The smallest absolute Gasteiger partial charge is 1.00 e. The van der Waals surface area contributed by atoms with E-state index in [1.54, 1.807) is 12.1 Å². The zero-order chi connectivity index (χ0) is 15.6. The molecule has 0 atom stereocenters. The number of benzene rings is 2. The third-order valence-electron chi connectivity index (χ3n) is 3.17. The molecule has 0 heterocycles. The van der Waals surface area contributed by atoms with Crippen molar-refractivity contribution < 1.29 is 40.9 Å². The van der Waals surface area contributed by atoms with Crippen LogP contribution in [-0.4, -0.2) is 15.9 Å². The van der Waals surface area contributed by atoms with Crippen molar-refractivity contribution in [2.45, 2.75) is 13.3 Å². The van der Waals surface area contributed by atoms with Crippen molar-refractivity contribution in [2.75, 3.05) is 5.73 Å². The number of carboxylic acid groups (broad SMARTS) is 1. The number of carboxylic acids is 1. The van der Waals surface area contributed by atoms with Crippen LogP contribution < -0.4 is 35.3 Å². The SMILES string of the molecule is Cc1ccc(C(=S)c2c(Cl)ccc(CC(=O)O)c2N)cc1.[H-].[Na+]. The fourth-order valence-electron chi connectivity index (χ4n) is 2.03. The Kier molecular flexibility index (Phi) is 7.03. The number of aliphatic carboxylic acids is 1. The number of nitrogen functional groups attached to an aromatic ring is 1. The van der Waals surface area contributed by atoms with Crippen LogP contribution >= 0.6 is 23.8 Å². The van der Waals surface area contributed by atoms with E-state index in [9.17, 15) is 4.79 Å². The van der Waals surface area contributed by atoms with E-state index in [1.807, 2.05) is 31.2 Å². The Morgan fingerprint density at radius 3 is 2.41 bits per heavy atom. The molecule has 0 amide bonds. The Balaban J connectivity index is 0.00000242. The van der Waals surface area contributed by atoms with Gasteiger partial charge in [0.2, 0.25) is 0 Å². The fourth-order valence-corrected chi connectivity index (χ4v) is 2.70. The predicted octanol–water partition coefficient (Wildman–Crippen LogP) is 0.741. The molecular formula is C16H15ClNNaO2S. The standard InChI is InChI=1S/C16H14ClNO2S.Na.H/c1-9-2-4-10(5-3-9)16(21)14-12(17)7-6-11(15(14)18)8-13(19)20;;/h2-7H,8,18H2,1H3,(H,19,20);;/q;+1;-1. The van der Waals surface area contributed by atoms with Crippen LogP contribution in [0.3, 0.4) is 0 Å². The first-order valence-electron chi connectivity index (χ1n) is 6.30. The average molecular weight is 344 g/mol. The number of nitrogens with two attached hydrogens (primary N) is 1. The molecule has 0 aromatic heterocycles. The minimum Gasteiger partial charge on any atom is -1.00 e. The van der Waals surface area contributed by atoms with E-state index in [4.69, 9.17) is 34.7 Å². The summed E-state index contributed by atoms with van der Waals surface area (Å²) < 4.78 is 0. The first-order valence-corrected chi connectivity index (χ1v) is 7.08. The number of anilines is 1. The minimum atomic E-state index is -0.948. The molecule has 2 aromatic rings. The van der Waals surface area contributed by atoms with E-state index in [1.165, 1.54) is 0 Å². The number of carbonyl (C=O) groups is 1. The predicted molar refractivity (Wildman–Crippen MR) is 90.3 cm³/mol. The summed E-state index contributed by atoms with van der Waals surface area (Å²) in [6.07, 6.45) is -0.160. The van der Waals surface area contributed by atoms with Crippen molar-refractivity contribution in [3.63, 3.8) is 0 Å². The van der Waals surface area contributed by atoms with Gasteiger partial charge in [0.15, 0.2) is 0 Å². The summed E-state index contributed by atoms with van der Waals surface area (Å²) >= 11 is 11.7. The third kappa shape index (κ3) is 4.31. The molecular weight excluding hydrogens is 329 g/mol. The third-order valence-corrected chi connectivity index (χ3v) is 3.92. The summed E-state index contributed by atoms with van der Waals surface area (Å²) in [4.78, 5) is 11.4. The Morgan fingerprint density at radius 2 is 1.86 bits per heavy atom. The van der Waals surface area contributed by atoms with Gasteiger partial charge >= 0.3 is 35.5 Å². The van der Waals surface area contributed by atoms with Crippen LogP contribution in [-0.2, 0) is 11.2 Å². The van der Waals surface area contributed by atoms with E-state index in [-0.39, 0.29) is 37.4 Å². The molecule has 0 fully saturated rings. The molecule has 2 aromatic carbocycles. The summed E-state index contributed by atoms with van der Waals surface area (Å²) in [6, 6.07) is 11.0. The van der Waals surface area contributed by atoms with Crippen molar-refractivity contribution in [3.05, 3.63) is 63.7 Å². The van der Waals surface area contributed by atoms with Gasteiger partial charge in [-0.1, -0.05) is 59.7 Å². The summed E-state index contributed by atoms with van der Waals surface area (Å²) in [5.41, 5.74) is 9.38. The van der Waals surface area contributed by atoms with Gasteiger partial charge in [-0.3, -0.25) is 4.79 Å². The Hall–Kier alpha value is -0.910. The van der Waals surface area contributed by atoms with Crippen LogP contribution in [0.4, 0.5) is 5.69 Å². The number of rotatable bonds is 4. The normalized spacial score (nSPS) is 9.91. The Bertz CT molecular complexity index is 723. The second-order valence-corrected chi connectivity index (χ2v) is 5.58. The van der Waals surface area contributed by atoms with Gasteiger partial charge < -0.3 is 12.3 Å². The van der Waals surface area contributed by atoms with Crippen LogP contribution in [0.1, 0.15) is 23.7 Å². The summed E-state index contributed by atoms with van der Waals surface area (Å²) in [6.45, 7) is 1.99. The molecule has 0 radical (unpaired) electrons. The molecule has 0 aliphatic rings. The van der Waals surface area contributed by atoms with Crippen LogP contribution in [0, 0.1) is 6.92 Å². The zero-order valence-electron chi connectivity index (χ0n) is 13.4. The quantitative estimate of drug-likeness (QED) is 0.372. The zero-order valence-corrected chi connectivity index (χ0v) is 16.0. The second-order valence-electron chi connectivity index (χ2n) is 4.76. The van der Waals surface area contributed by atoms with Gasteiger partial charge in [0.25, 0.3) is 0 Å². The van der Waals surface area contributed by atoms with Gasteiger partial charge in [-0.05, 0) is 24.1 Å². The number of halogens is 1. The summed E-state index contributed by atoms with van der Waals surface area (Å²) in [5.74, 6) is -0.948. The molecule has 0 unspecified atom stereocenters. The molecule has 0 aliphatic carbocycles. The van der Waals surface area contributed by atoms with Gasteiger partial charge in [-0.25, -0.2) is 0 Å². The van der Waals surface area contributed by atoms with Gasteiger partial charge in [-0.2, -0.15) is 0 Å². The van der Waals surface area contributed by atoms with Crippen LogP contribution in [0.5, 0.6) is 0 Å². The van der Waals surface area contributed by atoms with Crippen molar-refractivity contribution in [1.29, 1.82) is 0 Å². The molecule has 0 aliphatic heterocycles. The fraction of sp³-hybridized carbons (Fsp3) is 0.125. The molecule has 3 N–H and O–H groups in total. The van der Waals surface area contributed by atoms with Crippen LogP contribution in [0.2, 0.25) is 5.02 Å². The molecule has 0 spiro atoms. The number of hydrogen-bond donors (Lipinski definition) is 2. The van der Waals surface area contributed by atoms with E-state index >= 15 is 0 Å². The first kappa shape index (κ1) is 19.1. The Morgan fingerprint density at radius 1 is 1.27 bits per heavy atom. The Labute approximate surface area is 163 Å². The average Bonchev–Trinajstić information content (AvgIpc) is 2.42. The number of hydrogen-bond acceptors (Lipinski definition) is 3. The molecule has 0 saturated heterocycles. The molecule has 2 rings (SSSR count). The van der Waals surface area contributed by atoms with Crippen LogP contribution in [0.15, 0.2) is 36.4 Å². The van der Waals surface area contributed by atoms with Crippen molar-refractivity contribution in [3.8, 4) is 0 Å². The number of thiocarbonyl (C=S) groups is 1. The maximum absolute atomic E-state index is 10.9. The van der Waals surface area contributed by atoms with E-state index in [0.717, 1.165) is 11.1 Å². The molecule has 110 valence electrons. The van der Waals surface area contributed by atoms with E-state index in [2.05, 4.69) is 0 Å². The van der Waals surface area contributed by atoms with Gasteiger partial charge in [-0.15, -0.1) is 0 Å². The van der Waals surface area contributed by atoms with Crippen molar-refractivity contribution in [2.24, 2.45) is 0 Å². The molecule has 22 heavy (non-hydrogen) atoms. The molecule has 0 saturated carbocycles. The summed E-state index contributed by atoms with van der Waals surface area (Å²) in [5, 5.41) is 9.34. The monoisotopic (exact) mass is 343 g/mol. The van der Waals surface area contributed by atoms with Crippen LogP contribution in [0.25, 0.3) is 0 Å². The van der Waals surface area contributed by atoms with E-state index in [0.29, 0.717) is 26.7 Å². The van der Waals surface area contributed by atoms with Crippen molar-refractivity contribution >= 4 is 40.3 Å². The minimum absolute atomic E-state index is 0. The largest absolute Gasteiger partial charge is 1.00 e. The maximum atomic E-state index is 10.9. The number of aryl methyl sites for hydroxylation is 1. The van der Waals surface area contributed by atoms with Gasteiger partial charge in [0.05, 0.1) is 16.3 Å². The second kappa shape index (κ2) is 8.09. The molecule has 0 bridgehead atoms. The van der Waals surface area contributed by atoms with Gasteiger partial charge in [0.1, 0.15) is 0 Å². The van der Waals surface area contributed by atoms with Crippen molar-refractivity contribution in [1.82, 2.24) is 0 Å². The maximum Gasteiger partial charge on any atom is 1.00 e. The van der Waals surface area contributed by atoms with Gasteiger partial charge in [0, 0.05) is 11.3 Å². The molecule has 6 heteroatoms. The summed E-state index contributed by atoms with van der Waals surface area (Å²) in [7, 11) is 0. The molecule has 3 nitrogen and oxygen atoms in total. The first-order chi connectivity index (χ1) is 9.90. The topological polar surface area (TPSA) is 63.3 Å². The van der Waals surface area contributed by atoms with E-state index < -0.39 is 5.97 Å².